The molecule has 0 aliphatic carbocycles. The van der Waals surface area contributed by atoms with Crippen molar-refractivity contribution < 1.29 is 26.5 Å². The summed E-state index contributed by atoms with van der Waals surface area (Å²) >= 11 is 2.78. The van der Waals surface area contributed by atoms with E-state index in [1.165, 1.54) is 22.7 Å². The van der Waals surface area contributed by atoms with Crippen molar-refractivity contribution in [3.63, 3.8) is 0 Å². The van der Waals surface area contributed by atoms with Gasteiger partial charge in [0.25, 0.3) is 0 Å². The summed E-state index contributed by atoms with van der Waals surface area (Å²) in [5.41, 5.74) is -1.38. The molecule has 12 heteroatoms. The summed E-state index contributed by atoms with van der Waals surface area (Å²) in [6.45, 7) is 0. The van der Waals surface area contributed by atoms with Crippen LogP contribution in [0.5, 0.6) is 0 Å². The molecule has 0 saturated heterocycles. The molecule has 0 bridgehead atoms. The first-order valence-corrected chi connectivity index (χ1v) is 11.0. The van der Waals surface area contributed by atoms with Gasteiger partial charge in [0.2, 0.25) is 5.82 Å². The van der Waals surface area contributed by atoms with Crippen molar-refractivity contribution in [2.45, 2.75) is 0 Å². The second-order valence-electron chi connectivity index (χ2n) is 5.82. The molecule has 4 nitrogen and oxygen atoms in total. The van der Waals surface area contributed by atoms with Gasteiger partial charge in [-0.1, -0.05) is 5.21 Å². The molecular weight excluding hydrogens is 440 g/mol. The van der Waals surface area contributed by atoms with Gasteiger partial charge in [-0.05, 0) is 22.9 Å². The monoisotopic (exact) mass is 445 g/mol. The fourth-order valence-electron chi connectivity index (χ4n) is 3.12. The predicted molar refractivity (Wildman–Crippen MR) is 95.3 cm³/mol. The van der Waals surface area contributed by atoms with Gasteiger partial charge in [0.15, 0.2) is 35.8 Å². The van der Waals surface area contributed by atoms with E-state index in [1.54, 1.807) is 22.9 Å². The first kappa shape index (κ1) is 17.7. The molecular formula is C16H5F5N3OPS2. The van der Waals surface area contributed by atoms with Crippen molar-refractivity contribution in [2.75, 3.05) is 0 Å². The number of fused-ring (bicyclic) bond motifs is 3. The Morgan fingerprint density at radius 1 is 0.821 bits per heavy atom. The van der Waals surface area contributed by atoms with E-state index in [4.69, 9.17) is 0 Å². The Labute approximate surface area is 161 Å². The molecule has 142 valence electrons. The third-order valence-electron chi connectivity index (χ3n) is 4.39. The van der Waals surface area contributed by atoms with Gasteiger partial charge in [-0.3, -0.25) is 0 Å². The Morgan fingerprint density at radius 2 is 1.32 bits per heavy atom. The first-order valence-electron chi connectivity index (χ1n) is 7.57. The molecule has 3 aromatic heterocycles. The lowest BCUT2D eigenvalue weighted by Gasteiger charge is -2.09. The summed E-state index contributed by atoms with van der Waals surface area (Å²) in [5.74, 6) is -10.6. The summed E-state index contributed by atoms with van der Waals surface area (Å²) < 4.78 is 82.7. The number of hydrogen-bond donors (Lipinski definition) is 0. The Balaban J connectivity index is 1.73. The number of thiophene rings is 2. The highest BCUT2D eigenvalue weighted by Crippen LogP contribution is 2.54. The smallest absolute Gasteiger partial charge is 0.200 e. The van der Waals surface area contributed by atoms with Gasteiger partial charge in [0.1, 0.15) is 5.69 Å². The maximum absolute atomic E-state index is 14.1. The molecule has 0 spiro atoms. The van der Waals surface area contributed by atoms with Gasteiger partial charge in [-0.2, -0.15) is 0 Å². The topological polar surface area (TPSA) is 47.8 Å². The van der Waals surface area contributed by atoms with E-state index in [9.17, 15) is 26.5 Å². The molecule has 1 aliphatic rings. The molecule has 1 aromatic carbocycles. The van der Waals surface area contributed by atoms with Crippen LogP contribution in [0.4, 0.5) is 22.0 Å². The lowest BCUT2D eigenvalue weighted by molar-refractivity contribution is 0.373. The summed E-state index contributed by atoms with van der Waals surface area (Å²) in [7, 11) is -3.45. The highest BCUT2D eigenvalue weighted by molar-refractivity contribution is 7.87. The third kappa shape index (κ3) is 2.06. The fourth-order valence-corrected chi connectivity index (χ4v) is 8.90. The van der Waals surface area contributed by atoms with Crippen molar-refractivity contribution in [1.29, 1.82) is 0 Å². The first-order chi connectivity index (χ1) is 13.4. The summed E-state index contributed by atoms with van der Waals surface area (Å²) in [6, 6.07) is 3.34. The van der Waals surface area contributed by atoms with Gasteiger partial charge < -0.3 is 4.57 Å². The van der Waals surface area contributed by atoms with Crippen LogP contribution in [0.15, 0.2) is 29.1 Å². The zero-order valence-electron chi connectivity index (χ0n) is 13.3. The quantitative estimate of drug-likeness (QED) is 0.180. The molecule has 0 N–H and O–H groups in total. The molecule has 4 aromatic rings. The second kappa shape index (κ2) is 5.82. The molecule has 4 heterocycles. The highest BCUT2D eigenvalue weighted by Gasteiger charge is 2.44. The molecule has 0 radical (unpaired) electrons. The predicted octanol–water partition coefficient (Wildman–Crippen LogP) is 3.71. The average molecular weight is 445 g/mol. The molecule has 1 aliphatic heterocycles. The van der Waals surface area contributed by atoms with E-state index in [0.717, 1.165) is 16.0 Å². The van der Waals surface area contributed by atoms with E-state index in [-0.39, 0.29) is 5.44 Å². The number of aromatic nitrogens is 3. The van der Waals surface area contributed by atoms with Gasteiger partial charge in [0.05, 0.1) is 16.0 Å². The zero-order chi connectivity index (χ0) is 19.8. The Morgan fingerprint density at radius 3 is 1.86 bits per heavy atom. The van der Waals surface area contributed by atoms with E-state index < -0.39 is 41.9 Å². The van der Waals surface area contributed by atoms with Crippen LogP contribution in [0.3, 0.4) is 0 Å². The van der Waals surface area contributed by atoms with Crippen molar-refractivity contribution in [3.05, 3.63) is 58.2 Å². The van der Waals surface area contributed by atoms with E-state index in [1.807, 2.05) is 0 Å². The minimum absolute atomic E-state index is 0.103. The molecule has 0 atom stereocenters. The Kier molecular flexibility index (Phi) is 3.68. The molecule has 0 fully saturated rings. The van der Waals surface area contributed by atoms with Crippen LogP contribution >= 0.6 is 29.8 Å². The standard InChI is InChI=1S/C16H5F5N3OPS2/c17-9-10(18)12(20)14(13(21)11(9)19)24-5-8(22-23-24)26(25)6-1-3-27-15(6)16-7(26)2-4-28-16/h1-5H. The molecule has 0 unspecified atom stereocenters. The van der Waals surface area contributed by atoms with E-state index in [2.05, 4.69) is 10.3 Å². The van der Waals surface area contributed by atoms with E-state index >= 15 is 0 Å². The van der Waals surface area contributed by atoms with Crippen molar-refractivity contribution >= 4 is 45.9 Å². The number of benzene rings is 1. The van der Waals surface area contributed by atoms with Crippen molar-refractivity contribution in [2.24, 2.45) is 0 Å². The van der Waals surface area contributed by atoms with Gasteiger partial charge in [0, 0.05) is 10.6 Å². The van der Waals surface area contributed by atoms with Crippen LogP contribution in [-0.2, 0) is 4.57 Å². The lowest BCUT2D eigenvalue weighted by atomic mass is 10.2. The molecule has 0 saturated carbocycles. The van der Waals surface area contributed by atoms with Crippen LogP contribution in [0.1, 0.15) is 0 Å². The Hall–Kier alpha value is -2.36. The summed E-state index contributed by atoms with van der Waals surface area (Å²) in [4.78, 5) is 1.61. The van der Waals surface area contributed by atoms with Crippen molar-refractivity contribution in [3.8, 4) is 15.4 Å². The Bertz CT molecular complexity index is 1250. The lowest BCUT2D eigenvalue weighted by Crippen LogP contribution is -2.20. The van der Waals surface area contributed by atoms with Gasteiger partial charge >= 0.3 is 0 Å². The number of nitrogens with zero attached hydrogens (tertiary/aromatic N) is 3. The number of halogens is 5. The zero-order valence-corrected chi connectivity index (χ0v) is 15.8. The third-order valence-corrected chi connectivity index (χ3v) is 9.64. The largest absolute Gasteiger partial charge is 0.307 e. The minimum Gasteiger partial charge on any atom is -0.307 e. The minimum atomic E-state index is -3.45. The summed E-state index contributed by atoms with van der Waals surface area (Å²) in [6.07, 6.45) is 0.938. The fraction of sp³-hybridized carbons (Fsp3) is 0. The van der Waals surface area contributed by atoms with Crippen molar-refractivity contribution in [1.82, 2.24) is 15.0 Å². The molecule has 28 heavy (non-hydrogen) atoms. The van der Waals surface area contributed by atoms with Crippen LogP contribution in [0.25, 0.3) is 15.4 Å². The average Bonchev–Trinajstić information content (AvgIpc) is 3.44. The highest BCUT2D eigenvalue weighted by atomic mass is 32.1. The van der Waals surface area contributed by atoms with Gasteiger partial charge in [-0.15, -0.1) is 27.8 Å². The molecule has 5 rings (SSSR count). The van der Waals surface area contributed by atoms with Crippen LogP contribution < -0.4 is 16.0 Å². The molecule has 0 amide bonds. The van der Waals surface area contributed by atoms with Gasteiger partial charge in [-0.25, -0.2) is 26.6 Å². The summed E-state index contributed by atoms with van der Waals surface area (Å²) in [5, 5.41) is 11.8. The number of hydrogen-bond acceptors (Lipinski definition) is 5. The van der Waals surface area contributed by atoms with Crippen LogP contribution in [0, 0.1) is 29.1 Å². The second-order valence-corrected chi connectivity index (χ2v) is 10.3. The maximum Gasteiger partial charge on any atom is 0.200 e. The normalized spacial score (nSPS) is 14.3. The van der Waals surface area contributed by atoms with E-state index in [0.29, 0.717) is 15.3 Å². The SMILES string of the molecule is O=P1(c2cn(-c3c(F)c(F)c(F)c(F)c3F)nn2)c2ccsc2-c2sccc21. The van der Waals surface area contributed by atoms with Crippen LogP contribution in [0.2, 0.25) is 0 Å². The maximum atomic E-state index is 14.1. The van der Waals surface area contributed by atoms with Crippen LogP contribution in [-0.4, -0.2) is 15.0 Å². The number of rotatable bonds is 2.